The molecule has 0 unspecified atom stereocenters. The van der Waals surface area contributed by atoms with E-state index < -0.39 is 0 Å². The lowest BCUT2D eigenvalue weighted by atomic mass is 10.2. The molecule has 2 aromatic rings. The molecule has 14 heavy (non-hydrogen) atoms. The van der Waals surface area contributed by atoms with Gasteiger partial charge in [-0.3, -0.25) is 0 Å². The van der Waals surface area contributed by atoms with Gasteiger partial charge in [-0.15, -0.1) is 11.3 Å². The highest BCUT2D eigenvalue weighted by molar-refractivity contribution is 7.18. The highest BCUT2D eigenvalue weighted by Crippen LogP contribution is 2.30. The Morgan fingerprint density at radius 2 is 2.07 bits per heavy atom. The number of benzene rings is 1. The summed E-state index contributed by atoms with van der Waals surface area (Å²) in [4.78, 5) is 6.41. The third-order valence-electron chi connectivity index (χ3n) is 2.13. The molecule has 4 heteroatoms. The van der Waals surface area contributed by atoms with Gasteiger partial charge in [0.05, 0.1) is 26.6 Å². The minimum Gasteiger partial charge on any atom is -0.397 e. The Kier molecular flexibility index (Phi) is 2.07. The number of aromatic nitrogens is 1. The molecular weight excluding hydrogens is 194 g/mol. The van der Waals surface area contributed by atoms with Crippen molar-refractivity contribution in [1.29, 1.82) is 0 Å². The van der Waals surface area contributed by atoms with E-state index in [1.54, 1.807) is 11.3 Å². The smallest absolute Gasteiger partial charge is 0.0907 e. The first-order chi connectivity index (χ1) is 6.58. The quantitative estimate of drug-likeness (QED) is 0.729. The highest BCUT2D eigenvalue weighted by atomic mass is 32.1. The summed E-state index contributed by atoms with van der Waals surface area (Å²) in [5.74, 6) is 0. The standard InChI is InChI=1S/C10H13N3S/c1-6-12-8-4-7(11)9(13(2)3)5-10(8)14-6/h4-5H,11H2,1-3H3. The van der Waals surface area contributed by atoms with Gasteiger partial charge < -0.3 is 10.6 Å². The average molecular weight is 207 g/mol. The van der Waals surface area contributed by atoms with Gasteiger partial charge in [-0.05, 0) is 19.1 Å². The molecule has 0 saturated carbocycles. The van der Waals surface area contributed by atoms with Crippen LogP contribution in [0.15, 0.2) is 12.1 Å². The fraction of sp³-hybridized carbons (Fsp3) is 0.300. The largest absolute Gasteiger partial charge is 0.397 e. The van der Waals surface area contributed by atoms with Crippen molar-refractivity contribution in [2.75, 3.05) is 24.7 Å². The van der Waals surface area contributed by atoms with Gasteiger partial charge in [-0.1, -0.05) is 0 Å². The lowest BCUT2D eigenvalue weighted by Gasteiger charge is -2.14. The lowest BCUT2D eigenvalue weighted by molar-refractivity contribution is 1.14. The van der Waals surface area contributed by atoms with E-state index >= 15 is 0 Å². The van der Waals surface area contributed by atoms with Gasteiger partial charge >= 0.3 is 0 Å². The van der Waals surface area contributed by atoms with Crippen LogP contribution in [0.1, 0.15) is 5.01 Å². The number of aryl methyl sites for hydroxylation is 1. The molecule has 74 valence electrons. The van der Waals surface area contributed by atoms with Crippen molar-refractivity contribution in [1.82, 2.24) is 4.98 Å². The van der Waals surface area contributed by atoms with E-state index in [0.717, 1.165) is 21.9 Å². The van der Waals surface area contributed by atoms with Gasteiger partial charge in [0.2, 0.25) is 0 Å². The zero-order valence-corrected chi connectivity index (χ0v) is 9.35. The van der Waals surface area contributed by atoms with Gasteiger partial charge in [0, 0.05) is 14.1 Å². The SMILES string of the molecule is Cc1nc2cc(N)c(N(C)C)cc2s1. The zero-order chi connectivity index (χ0) is 10.3. The van der Waals surface area contributed by atoms with Gasteiger partial charge in [-0.25, -0.2) is 4.98 Å². The van der Waals surface area contributed by atoms with Crippen molar-refractivity contribution >= 4 is 32.9 Å². The van der Waals surface area contributed by atoms with Crippen LogP contribution in [0, 0.1) is 6.92 Å². The Hall–Kier alpha value is -1.29. The number of nitrogens with two attached hydrogens (primary N) is 1. The maximum atomic E-state index is 5.92. The van der Waals surface area contributed by atoms with Crippen molar-refractivity contribution in [3.63, 3.8) is 0 Å². The van der Waals surface area contributed by atoms with Crippen LogP contribution in [0.5, 0.6) is 0 Å². The van der Waals surface area contributed by atoms with E-state index in [-0.39, 0.29) is 0 Å². The number of rotatable bonds is 1. The first kappa shape index (κ1) is 9.27. The van der Waals surface area contributed by atoms with Crippen LogP contribution in [0.3, 0.4) is 0 Å². The van der Waals surface area contributed by atoms with Crippen LogP contribution < -0.4 is 10.6 Å². The normalized spacial score (nSPS) is 10.8. The molecule has 1 aromatic carbocycles. The topological polar surface area (TPSA) is 42.1 Å². The molecule has 0 aliphatic heterocycles. The number of nitrogen functional groups attached to an aromatic ring is 1. The van der Waals surface area contributed by atoms with Gasteiger partial charge in [0.25, 0.3) is 0 Å². The number of nitrogens with zero attached hydrogens (tertiary/aromatic N) is 2. The van der Waals surface area contributed by atoms with Crippen LogP contribution >= 0.6 is 11.3 Å². The minimum absolute atomic E-state index is 0.785. The fourth-order valence-corrected chi connectivity index (χ4v) is 2.32. The van der Waals surface area contributed by atoms with E-state index in [1.807, 2.05) is 32.0 Å². The summed E-state index contributed by atoms with van der Waals surface area (Å²) < 4.78 is 1.19. The number of anilines is 2. The predicted octanol–water partition coefficient (Wildman–Crippen LogP) is 2.25. The Morgan fingerprint density at radius 3 is 2.71 bits per heavy atom. The van der Waals surface area contributed by atoms with Crippen molar-refractivity contribution in [2.45, 2.75) is 6.92 Å². The molecule has 2 rings (SSSR count). The Bertz CT molecular complexity index is 473. The first-order valence-electron chi connectivity index (χ1n) is 4.42. The fourth-order valence-electron chi connectivity index (χ4n) is 1.48. The van der Waals surface area contributed by atoms with Crippen molar-refractivity contribution < 1.29 is 0 Å². The third kappa shape index (κ3) is 1.42. The molecular formula is C10H13N3S. The second-order valence-electron chi connectivity index (χ2n) is 3.51. The summed E-state index contributed by atoms with van der Waals surface area (Å²) in [5, 5.41) is 1.08. The minimum atomic E-state index is 0.785. The van der Waals surface area contributed by atoms with E-state index in [4.69, 9.17) is 5.73 Å². The van der Waals surface area contributed by atoms with Crippen molar-refractivity contribution in [2.24, 2.45) is 0 Å². The third-order valence-corrected chi connectivity index (χ3v) is 3.06. The summed E-state index contributed by atoms with van der Waals surface area (Å²) in [6.07, 6.45) is 0. The lowest BCUT2D eigenvalue weighted by Crippen LogP contribution is -2.10. The molecule has 0 saturated heterocycles. The van der Waals surface area contributed by atoms with Crippen molar-refractivity contribution in [3.05, 3.63) is 17.1 Å². The molecule has 2 N–H and O–H groups in total. The molecule has 0 atom stereocenters. The van der Waals surface area contributed by atoms with Gasteiger partial charge in [0.1, 0.15) is 0 Å². The molecule has 0 aliphatic rings. The van der Waals surface area contributed by atoms with Crippen LogP contribution in [0.2, 0.25) is 0 Å². The van der Waals surface area contributed by atoms with Gasteiger partial charge in [-0.2, -0.15) is 0 Å². The molecule has 3 nitrogen and oxygen atoms in total. The van der Waals surface area contributed by atoms with Crippen LogP contribution in [0.4, 0.5) is 11.4 Å². The second kappa shape index (κ2) is 3.13. The number of fused-ring (bicyclic) bond motifs is 1. The molecule has 0 spiro atoms. The Morgan fingerprint density at radius 1 is 1.36 bits per heavy atom. The second-order valence-corrected chi connectivity index (χ2v) is 4.74. The summed E-state index contributed by atoms with van der Waals surface area (Å²) in [7, 11) is 3.98. The molecule has 1 aromatic heterocycles. The molecule has 1 heterocycles. The monoisotopic (exact) mass is 207 g/mol. The maximum absolute atomic E-state index is 5.92. The Balaban J connectivity index is 2.70. The molecule has 0 radical (unpaired) electrons. The predicted molar refractivity (Wildman–Crippen MR) is 63.1 cm³/mol. The summed E-state index contributed by atoms with van der Waals surface area (Å²) in [6, 6.07) is 4.03. The molecule has 0 bridgehead atoms. The highest BCUT2D eigenvalue weighted by Gasteiger charge is 2.06. The molecule has 0 aliphatic carbocycles. The average Bonchev–Trinajstić information content (AvgIpc) is 2.42. The van der Waals surface area contributed by atoms with E-state index in [0.29, 0.717) is 0 Å². The molecule has 0 fully saturated rings. The zero-order valence-electron chi connectivity index (χ0n) is 8.53. The van der Waals surface area contributed by atoms with E-state index in [1.165, 1.54) is 4.70 Å². The maximum Gasteiger partial charge on any atom is 0.0907 e. The van der Waals surface area contributed by atoms with Gasteiger partial charge in [0.15, 0.2) is 0 Å². The van der Waals surface area contributed by atoms with Crippen molar-refractivity contribution in [3.8, 4) is 0 Å². The number of thiazole rings is 1. The van der Waals surface area contributed by atoms with Crippen LogP contribution in [-0.4, -0.2) is 19.1 Å². The first-order valence-corrected chi connectivity index (χ1v) is 5.23. The summed E-state index contributed by atoms with van der Waals surface area (Å²) >= 11 is 1.70. The number of hydrogen-bond acceptors (Lipinski definition) is 4. The Labute approximate surface area is 87.2 Å². The summed E-state index contributed by atoms with van der Waals surface area (Å²) in [5.41, 5.74) is 8.76. The van der Waals surface area contributed by atoms with E-state index in [2.05, 4.69) is 11.1 Å². The summed E-state index contributed by atoms with van der Waals surface area (Å²) in [6.45, 7) is 2.01. The van der Waals surface area contributed by atoms with Crippen LogP contribution in [0.25, 0.3) is 10.2 Å². The van der Waals surface area contributed by atoms with E-state index in [9.17, 15) is 0 Å². The van der Waals surface area contributed by atoms with Crippen LogP contribution in [-0.2, 0) is 0 Å². The molecule has 0 amide bonds. The number of hydrogen-bond donors (Lipinski definition) is 1.